The molecule has 1 aliphatic heterocycles. The molecule has 0 aliphatic carbocycles. The molecule has 3 aromatic rings. The molecule has 142 valence electrons. The van der Waals surface area contributed by atoms with Gasteiger partial charge in [0, 0.05) is 29.9 Å². The third kappa shape index (κ3) is 3.66. The van der Waals surface area contributed by atoms with Crippen LogP contribution in [0.2, 0.25) is 0 Å². The van der Waals surface area contributed by atoms with Crippen LogP contribution in [0.25, 0.3) is 27.7 Å². The van der Waals surface area contributed by atoms with Crippen LogP contribution in [0.15, 0.2) is 57.9 Å². The van der Waals surface area contributed by atoms with Gasteiger partial charge in [-0.15, -0.1) is 0 Å². The smallest absolute Gasteiger partial charge is 0.134 e. The molecule has 0 atom stereocenters. The Morgan fingerprint density at radius 1 is 1.04 bits per heavy atom. The zero-order valence-corrected chi connectivity index (χ0v) is 16.8. The quantitative estimate of drug-likeness (QED) is 0.441. The number of hydrogen-bond donors (Lipinski definition) is 1. The molecular weight excluding hydrogens is 366 g/mol. The Hall–Kier alpha value is -2.68. The third-order valence-corrected chi connectivity index (χ3v) is 6.00. The minimum absolute atomic E-state index is 0.463. The number of benzene rings is 2. The molecule has 0 unspecified atom stereocenters. The molecule has 1 fully saturated rings. The van der Waals surface area contributed by atoms with Crippen molar-refractivity contribution in [3.63, 3.8) is 0 Å². The fraction of sp³-hybridized carbons (Fsp3) is 0.261. The minimum atomic E-state index is 0.463. The van der Waals surface area contributed by atoms with Crippen LogP contribution in [0.3, 0.4) is 0 Å². The summed E-state index contributed by atoms with van der Waals surface area (Å²) in [5.74, 6) is 1.46. The summed E-state index contributed by atoms with van der Waals surface area (Å²) in [4.78, 5) is 2.94. The molecule has 0 amide bonds. The number of anilines is 1. The van der Waals surface area contributed by atoms with Gasteiger partial charge in [-0.2, -0.15) is 5.26 Å². The second-order valence-corrected chi connectivity index (χ2v) is 7.79. The maximum Gasteiger partial charge on any atom is 0.134 e. The van der Waals surface area contributed by atoms with E-state index in [-0.39, 0.29) is 0 Å². The van der Waals surface area contributed by atoms with Crippen LogP contribution in [-0.2, 0) is 0 Å². The topological polar surface area (TPSA) is 66.2 Å². The third-order valence-electron chi connectivity index (χ3n) is 5.37. The first-order valence-corrected chi connectivity index (χ1v) is 10.4. The van der Waals surface area contributed by atoms with Gasteiger partial charge in [0.1, 0.15) is 22.5 Å². The first kappa shape index (κ1) is 18.7. The summed E-state index contributed by atoms with van der Waals surface area (Å²) >= 11 is 0.947. The first-order chi connectivity index (χ1) is 13.7. The zero-order valence-electron chi connectivity index (χ0n) is 15.9. The van der Waals surface area contributed by atoms with Crippen molar-refractivity contribution in [2.24, 2.45) is 5.14 Å². The van der Waals surface area contributed by atoms with E-state index >= 15 is 0 Å². The summed E-state index contributed by atoms with van der Waals surface area (Å²) in [7, 11) is 0. The van der Waals surface area contributed by atoms with Crippen molar-refractivity contribution in [3.05, 3.63) is 59.2 Å². The van der Waals surface area contributed by atoms with E-state index in [1.165, 1.54) is 35.7 Å². The second kappa shape index (κ2) is 8.14. The number of allylic oxidation sites excluding steroid dienone is 2. The normalized spacial score (nSPS) is 15.4. The molecule has 2 aromatic carbocycles. The molecule has 0 saturated carbocycles. The van der Waals surface area contributed by atoms with Crippen molar-refractivity contribution < 1.29 is 4.42 Å². The van der Waals surface area contributed by atoms with E-state index in [9.17, 15) is 0 Å². The van der Waals surface area contributed by atoms with E-state index in [0.717, 1.165) is 41.9 Å². The van der Waals surface area contributed by atoms with E-state index in [1.807, 2.05) is 19.1 Å². The summed E-state index contributed by atoms with van der Waals surface area (Å²) in [6.45, 7) is 4.15. The van der Waals surface area contributed by atoms with Gasteiger partial charge in [0.15, 0.2) is 0 Å². The summed E-state index contributed by atoms with van der Waals surface area (Å²) in [6.07, 6.45) is 3.90. The Morgan fingerprint density at radius 2 is 1.79 bits per heavy atom. The summed E-state index contributed by atoms with van der Waals surface area (Å²) in [6, 6.07) is 19.0. The van der Waals surface area contributed by atoms with Crippen LogP contribution in [0.5, 0.6) is 0 Å². The molecule has 5 heteroatoms. The number of nitrogens with zero attached hydrogens (tertiary/aromatic N) is 2. The predicted molar refractivity (Wildman–Crippen MR) is 118 cm³/mol. The number of nitrogens with two attached hydrogens (primary N) is 1. The highest BCUT2D eigenvalue weighted by Crippen LogP contribution is 2.32. The van der Waals surface area contributed by atoms with Gasteiger partial charge in [0.25, 0.3) is 0 Å². The number of furan rings is 1. The van der Waals surface area contributed by atoms with Crippen molar-refractivity contribution in [1.82, 2.24) is 0 Å². The van der Waals surface area contributed by atoms with Gasteiger partial charge in [-0.1, -0.05) is 18.2 Å². The summed E-state index contributed by atoms with van der Waals surface area (Å²) in [5.41, 5.74) is 3.09. The lowest BCUT2D eigenvalue weighted by Crippen LogP contribution is -2.29. The average molecular weight is 390 g/mol. The van der Waals surface area contributed by atoms with Crippen molar-refractivity contribution >= 4 is 34.0 Å². The molecule has 2 heterocycles. The molecule has 0 radical (unpaired) electrons. The summed E-state index contributed by atoms with van der Waals surface area (Å²) in [5, 5.41) is 17.2. The number of nitriles is 1. The maximum atomic E-state index is 9.16. The van der Waals surface area contributed by atoms with E-state index in [4.69, 9.17) is 14.8 Å². The van der Waals surface area contributed by atoms with Crippen molar-refractivity contribution in [2.45, 2.75) is 26.2 Å². The molecule has 1 aliphatic rings. The maximum absolute atomic E-state index is 9.16. The second-order valence-electron chi connectivity index (χ2n) is 7.14. The Balaban J connectivity index is 1.64. The molecule has 2 N–H and O–H groups in total. The lowest BCUT2D eigenvalue weighted by molar-refractivity contribution is 0.567. The van der Waals surface area contributed by atoms with E-state index in [1.54, 1.807) is 0 Å². The average Bonchev–Trinajstić information content (AvgIpc) is 3.25. The van der Waals surface area contributed by atoms with Gasteiger partial charge < -0.3 is 9.32 Å². The van der Waals surface area contributed by atoms with Crippen LogP contribution >= 0.6 is 11.9 Å². The number of hydrogen-bond acceptors (Lipinski definition) is 5. The number of piperidine rings is 1. The Morgan fingerprint density at radius 3 is 2.54 bits per heavy atom. The fourth-order valence-corrected chi connectivity index (χ4v) is 4.07. The van der Waals surface area contributed by atoms with Crippen LogP contribution in [0.1, 0.15) is 31.9 Å². The molecule has 0 bridgehead atoms. The highest BCUT2D eigenvalue weighted by atomic mass is 32.2. The Labute approximate surface area is 169 Å². The number of rotatable bonds is 4. The minimum Gasteiger partial charge on any atom is -0.456 e. The highest BCUT2D eigenvalue weighted by molar-refractivity contribution is 8.01. The molecule has 1 saturated heterocycles. The fourth-order valence-electron chi connectivity index (χ4n) is 3.74. The molecule has 4 nitrogen and oxygen atoms in total. The highest BCUT2D eigenvalue weighted by Gasteiger charge is 2.13. The molecule has 1 aromatic heterocycles. The largest absolute Gasteiger partial charge is 0.456 e. The van der Waals surface area contributed by atoms with E-state index in [2.05, 4.69) is 47.4 Å². The molecule has 28 heavy (non-hydrogen) atoms. The Kier molecular flexibility index (Phi) is 5.43. The lowest BCUT2D eigenvalue weighted by atomic mass is 10.0. The van der Waals surface area contributed by atoms with Crippen molar-refractivity contribution in [3.8, 4) is 17.4 Å². The van der Waals surface area contributed by atoms with Gasteiger partial charge in [-0.3, -0.25) is 5.14 Å². The predicted octanol–water partition coefficient (Wildman–Crippen LogP) is 5.95. The van der Waals surface area contributed by atoms with Gasteiger partial charge in [-0.25, -0.2) is 0 Å². The zero-order chi connectivity index (χ0) is 19.5. The van der Waals surface area contributed by atoms with Crippen molar-refractivity contribution in [2.75, 3.05) is 18.0 Å². The standard InChI is InChI=1S/C23H23N3OS/c1-16(23(15-24)28-25)21-9-10-22(27-21)19-6-5-18-14-20(8-7-17(18)13-19)26-11-3-2-4-12-26/h5-10,13-14H,2-4,11-12,25H2,1H3/b23-16+. The molecule has 4 rings (SSSR count). The van der Waals surface area contributed by atoms with Crippen LogP contribution < -0.4 is 10.0 Å². The van der Waals surface area contributed by atoms with Gasteiger partial charge in [-0.05, 0) is 79.2 Å². The monoisotopic (exact) mass is 389 g/mol. The SMILES string of the molecule is C/C(=C(/C#N)SN)c1ccc(-c2ccc3cc(N4CCCCC4)ccc3c2)o1. The first-order valence-electron chi connectivity index (χ1n) is 9.56. The van der Waals surface area contributed by atoms with Crippen LogP contribution in [0, 0.1) is 11.3 Å². The molecule has 0 spiro atoms. The van der Waals surface area contributed by atoms with Crippen LogP contribution in [0.4, 0.5) is 5.69 Å². The van der Waals surface area contributed by atoms with Gasteiger partial charge >= 0.3 is 0 Å². The lowest BCUT2D eigenvalue weighted by Gasteiger charge is -2.29. The Bertz CT molecular complexity index is 1070. The van der Waals surface area contributed by atoms with Crippen LogP contribution in [-0.4, -0.2) is 13.1 Å². The molecular formula is C23H23N3OS. The van der Waals surface area contributed by atoms with E-state index < -0.39 is 0 Å². The van der Waals surface area contributed by atoms with Gasteiger partial charge in [0.05, 0.1) is 0 Å². The van der Waals surface area contributed by atoms with Gasteiger partial charge in [0.2, 0.25) is 0 Å². The summed E-state index contributed by atoms with van der Waals surface area (Å²) < 4.78 is 6.00. The van der Waals surface area contributed by atoms with Crippen molar-refractivity contribution in [1.29, 1.82) is 5.26 Å². The van der Waals surface area contributed by atoms with E-state index in [0.29, 0.717) is 10.7 Å². The number of fused-ring (bicyclic) bond motifs is 1.